The maximum Gasteiger partial charge on any atom is 0.408 e. The van der Waals surface area contributed by atoms with Crippen molar-refractivity contribution in [2.45, 2.75) is 202 Å². The van der Waals surface area contributed by atoms with Gasteiger partial charge < -0.3 is 91.1 Å². The third-order valence-electron chi connectivity index (χ3n) is 16.8. The number of hydrogen-bond donors (Lipinski definition) is 10. The molecular weight excluding hydrogens is 1500 g/mol. The van der Waals surface area contributed by atoms with Crippen molar-refractivity contribution in [3.63, 3.8) is 0 Å². The van der Waals surface area contributed by atoms with Gasteiger partial charge in [0.05, 0.1) is 45.7 Å². The number of esters is 1. The van der Waals surface area contributed by atoms with Crippen molar-refractivity contribution in [1.29, 1.82) is 0 Å². The summed E-state index contributed by atoms with van der Waals surface area (Å²) in [5, 5.41) is 27.6. The van der Waals surface area contributed by atoms with Gasteiger partial charge in [-0.25, -0.2) is 9.59 Å². The smallest absolute Gasteiger partial charge is 0.408 e. The maximum atomic E-state index is 15.4. The number of amides is 10. The van der Waals surface area contributed by atoms with Crippen molar-refractivity contribution in [1.82, 2.24) is 53.2 Å². The third kappa shape index (κ3) is 38.3. The van der Waals surface area contributed by atoms with Crippen LogP contribution in [0.25, 0.3) is 0 Å². The normalized spacial score (nSPS) is 18.3. The molecule has 1 aliphatic rings. The molecule has 32 heteroatoms. The van der Waals surface area contributed by atoms with Crippen molar-refractivity contribution in [2.24, 2.45) is 29.6 Å². The number of ether oxygens (including phenoxy) is 8. The molecule has 3 aromatic rings. The highest BCUT2D eigenvalue weighted by Gasteiger charge is 2.40. The molecule has 626 valence electrons. The lowest BCUT2D eigenvalue weighted by Crippen LogP contribution is -2.64. The molecule has 0 bridgehead atoms. The fraction of sp³-hybridized carbons (Fsp3) is 0.637. The molecule has 10 amide bonds. The Bertz CT molecular complexity index is 3390. The molecule has 0 spiro atoms. The first-order valence-corrected chi connectivity index (χ1v) is 42.5. The van der Waals surface area contributed by atoms with Gasteiger partial charge in [-0.15, -0.1) is 0 Å². The Kier molecular flexibility index (Phi) is 44.6. The van der Waals surface area contributed by atoms with Gasteiger partial charge in [0.15, 0.2) is 0 Å². The van der Waals surface area contributed by atoms with Crippen LogP contribution in [0.5, 0.6) is 11.5 Å². The third-order valence-corrected chi connectivity index (χ3v) is 20.0. The highest BCUT2D eigenvalue weighted by atomic mass is 33.1. The van der Waals surface area contributed by atoms with E-state index in [2.05, 4.69) is 53.2 Å². The highest BCUT2D eigenvalue weighted by molar-refractivity contribution is 8.76. The fourth-order valence-electron chi connectivity index (χ4n) is 10.7. The second-order valence-corrected chi connectivity index (χ2v) is 34.0. The number of carbonyl (C=O) groups excluding carboxylic acids is 11. The Morgan fingerprint density at radius 1 is 0.554 bits per heavy atom. The fourth-order valence-corrected chi connectivity index (χ4v) is 13.0. The van der Waals surface area contributed by atoms with Gasteiger partial charge >= 0.3 is 12.1 Å². The van der Waals surface area contributed by atoms with E-state index in [1.165, 1.54) is 29.5 Å². The number of nitrogens with one attached hydrogen (secondary N) is 10. The van der Waals surface area contributed by atoms with Crippen LogP contribution in [0.3, 0.4) is 0 Å². The average Bonchev–Trinajstić information content (AvgIpc) is 0.835. The molecule has 0 saturated carbocycles. The van der Waals surface area contributed by atoms with Crippen LogP contribution in [0.4, 0.5) is 4.79 Å². The van der Waals surface area contributed by atoms with Gasteiger partial charge in [-0.1, -0.05) is 159 Å². The highest BCUT2D eigenvalue weighted by Crippen LogP contribution is 2.23. The summed E-state index contributed by atoms with van der Waals surface area (Å²) in [6.07, 6.45) is 0.0426. The minimum absolute atomic E-state index is 0.0111. The molecule has 3 aromatic carbocycles. The molecule has 1 fully saturated rings. The summed E-state index contributed by atoms with van der Waals surface area (Å²) >= 11 is 1.39. The number of thioether (sulfide) groups is 1. The van der Waals surface area contributed by atoms with Crippen LogP contribution >= 0.6 is 33.3 Å². The second kappa shape index (κ2) is 51.8. The first-order chi connectivity index (χ1) is 53.2. The minimum Gasteiger partial charge on any atom is -0.493 e. The van der Waals surface area contributed by atoms with Gasteiger partial charge in [-0.3, -0.25) is 43.2 Å². The summed E-state index contributed by atoms with van der Waals surface area (Å²) in [5.41, 5.74) is 1.03. The zero-order valence-electron chi connectivity index (χ0n) is 68.1. The van der Waals surface area contributed by atoms with Crippen molar-refractivity contribution >= 4 is 98.6 Å². The molecule has 4 rings (SSSR count). The van der Waals surface area contributed by atoms with Crippen LogP contribution < -0.4 is 62.6 Å². The zero-order valence-corrected chi connectivity index (χ0v) is 70.5. The number of hydrogen-bond acceptors (Lipinski definition) is 22. The summed E-state index contributed by atoms with van der Waals surface area (Å²) in [6, 6.07) is 10.00. The maximum absolute atomic E-state index is 15.4. The Morgan fingerprint density at radius 3 is 1.70 bits per heavy atom. The van der Waals surface area contributed by atoms with E-state index < -0.39 is 157 Å². The number of alkyl carbamates (subject to hydrolysis) is 1. The van der Waals surface area contributed by atoms with Gasteiger partial charge in [0.1, 0.15) is 84.7 Å². The molecule has 1 aliphatic heterocycles. The minimum atomic E-state index is -1.84. The number of benzene rings is 3. The predicted octanol–water partition coefficient (Wildman–Crippen LogP) is 6.20. The van der Waals surface area contributed by atoms with Gasteiger partial charge in [0.2, 0.25) is 53.2 Å². The van der Waals surface area contributed by atoms with Crippen LogP contribution in [-0.4, -0.2) is 227 Å². The Hall–Kier alpha value is -7.88. The van der Waals surface area contributed by atoms with Gasteiger partial charge in [0.25, 0.3) is 0 Å². The first kappa shape index (κ1) is 96.5. The second-order valence-electron chi connectivity index (χ2n) is 30.2. The Labute approximate surface area is 673 Å². The Morgan fingerprint density at radius 2 is 1.12 bits per heavy atom. The van der Waals surface area contributed by atoms with E-state index in [9.17, 15) is 33.6 Å². The predicted molar refractivity (Wildman–Crippen MR) is 434 cm³/mol. The standard InChI is InChI=1S/C80H124N10O19S3/c1-17-53(11)68-76(98)83-60(32-37-110-16)78(100)108-46-65(74(96)85-62(40-57-26-30-59(31-27-57)107-44-52(9)10)72(94)84-63(73(95)89-68)38-55-22-20-19-21-23-55)87-77(99)69(54(12)105-42-50(5)6)90-75(97)64(45-104-41-49(3)4)86-71(93)61(39-56-24-28-58(29-25-56)106-43-51(7)8)82-67(91)47-103-36-35-102-34-33-81-70(92)66(48-112-111-18-2)88-79(101)109-80(13,14)15/h19-31,49-54,60-66,68-69H,17-18,32-48H2,1-16H3,(H,81,92)(H,82,91)(H,83,98)(H,84,94)(H,85,96)(H,86,93)(H,87,99)(H,88,101)(H,89,95)(H,90,97)/t53?,54?,60-,61-,62-,63-,64-,65-,66-,68-,69-/m0/s1. The lowest BCUT2D eigenvalue weighted by molar-refractivity contribution is -0.151. The lowest BCUT2D eigenvalue weighted by atomic mass is 9.96. The molecule has 2 unspecified atom stereocenters. The van der Waals surface area contributed by atoms with Gasteiger partial charge in [0, 0.05) is 50.5 Å². The zero-order chi connectivity index (χ0) is 82.9. The van der Waals surface area contributed by atoms with Crippen molar-refractivity contribution in [2.75, 3.05) is 96.1 Å². The summed E-state index contributed by atoms with van der Waals surface area (Å²) in [5.74, 6) is -5.86. The number of carbonyl (C=O) groups is 11. The molecule has 1 heterocycles. The lowest BCUT2D eigenvalue weighted by Gasteiger charge is -2.31. The average molecular weight is 1630 g/mol. The van der Waals surface area contributed by atoms with E-state index in [-0.39, 0.29) is 88.9 Å². The summed E-state index contributed by atoms with van der Waals surface area (Å²) in [7, 11) is 2.98. The summed E-state index contributed by atoms with van der Waals surface area (Å²) in [4.78, 5) is 159. The van der Waals surface area contributed by atoms with Crippen molar-refractivity contribution < 1.29 is 90.6 Å². The van der Waals surface area contributed by atoms with E-state index in [1.54, 1.807) is 124 Å². The molecular formula is C80H124N10O19S3. The van der Waals surface area contributed by atoms with Crippen LogP contribution in [-0.2, 0) is 95.6 Å². The molecule has 112 heavy (non-hydrogen) atoms. The molecule has 10 N–H and O–H groups in total. The van der Waals surface area contributed by atoms with E-state index in [4.69, 9.17) is 37.9 Å². The number of cyclic esters (lactones) is 1. The van der Waals surface area contributed by atoms with E-state index in [0.29, 0.717) is 59.3 Å². The summed E-state index contributed by atoms with van der Waals surface area (Å²) < 4.78 is 46.7. The molecule has 1 saturated heterocycles. The molecule has 29 nitrogen and oxygen atoms in total. The quantitative estimate of drug-likeness (QED) is 0.0171. The Balaban J connectivity index is 1.72. The van der Waals surface area contributed by atoms with Crippen LogP contribution in [0.2, 0.25) is 0 Å². The molecule has 0 radical (unpaired) electrons. The van der Waals surface area contributed by atoms with E-state index in [0.717, 1.165) is 5.75 Å². The topological polar surface area (TPSA) is 382 Å². The van der Waals surface area contributed by atoms with Crippen LogP contribution in [0, 0.1) is 29.6 Å². The largest absolute Gasteiger partial charge is 0.493 e. The van der Waals surface area contributed by atoms with Gasteiger partial charge in [-0.05, 0) is 117 Å². The van der Waals surface area contributed by atoms with Crippen LogP contribution in [0.15, 0.2) is 78.9 Å². The summed E-state index contributed by atoms with van der Waals surface area (Å²) in [6.45, 7) is 27.1. The van der Waals surface area contributed by atoms with Crippen molar-refractivity contribution in [3.05, 3.63) is 95.6 Å². The molecule has 11 atom stereocenters. The number of rotatable bonds is 46. The van der Waals surface area contributed by atoms with Gasteiger partial charge in [-0.2, -0.15) is 11.8 Å². The monoisotopic (exact) mass is 1620 g/mol. The van der Waals surface area contributed by atoms with E-state index in [1.807, 2.05) is 69.2 Å². The van der Waals surface area contributed by atoms with Crippen molar-refractivity contribution in [3.8, 4) is 11.5 Å². The molecule has 0 aliphatic carbocycles. The van der Waals surface area contributed by atoms with Crippen LogP contribution in [0.1, 0.15) is 133 Å². The SMILES string of the molecule is CCSSC[C@H](NC(=O)OC(C)(C)C)C(=O)NCCOCCOCC(=O)N[C@@H](Cc1ccc(OCC(C)C)cc1)C(=O)N[C@@H](COCC(C)C)C(=O)N[C@H](C(=O)N[C@H]1COC(=O)[C@H](CCSC)NC(=O)[C@H](C(C)CC)NC(=O)[C@H](Cc2ccccc2)NC(=O)[C@H](Cc2ccc(OCC(C)C)cc2)NC1=O)C(C)OCC(C)C. The van der Waals surface area contributed by atoms with E-state index >= 15 is 19.2 Å². The molecule has 0 aromatic heterocycles. The first-order valence-electron chi connectivity index (χ1n) is 38.6.